The number of nitrogens with zero attached hydrogens (tertiary/aromatic N) is 4. The van der Waals surface area contributed by atoms with Gasteiger partial charge < -0.3 is 0 Å². The lowest BCUT2D eigenvalue weighted by atomic mass is 10.0. The number of aryl methyl sites for hydroxylation is 3. The van der Waals surface area contributed by atoms with E-state index in [1.54, 1.807) is 4.68 Å². The van der Waals surface area contributed by atoms with E-state index in [2.05, 4.69) is 15.5 Å². The number of rotatable bonds is 5. The maximum absolute atomic E-state index is 12.8. The molecule has 0 aliphatic rings. The van der Waals surface area contributed by atoms with Crippen molar-refractivity contribution in [3.63, 3.8) is 0 Å². The normalized spacial score (nSPS) is 12.2. The van der Waals surface area contributed by atoms with Gasteiger partial charge >= 0.3 is 0 Å². The van der Waals surface area contributed by atoms with E-state index in [1.807, 2.05) is 70.2 Å². The van der Waals surface area contributed by atoms with E-state index in [9.17, 15) is 4.79 Å². The Balaban J connectivity index is 1.83. The second-order valence-electron chi connectivity index (χ2n) is 6.08. The molecule has 25 heavy (non-hydrogen) atoms. The summed E-state index contributed by atoms with van der Waals surface area (Å²) < 4.78 is 1.68. The van der Waals surface area contributed by atoms with Crippen molar-refractivity contribution in [1.29, 1.82) is 0 Å². The van der Waals surface area contributed by atoms with Gasteiger partial charge in [-0.05, 0) is 66.9 Å². The molecule has 1 heterocycles. The lowest BCUT2D eigenvalue weighted by Crippen LogP contribution is -2.15. The highest BCUT2D eigenvalue weighted by Crippen LogP contribution is 2.26. The zero-order valence-electron chi connectivity index (χ0n) is 14.7. The van der Waals surface area contributed by atoms with Gasteiger partial charge in [-0.25, -0.2) is 0 Å². The lowest BCUT2D eigenvalue weighted by molar-refractivity contribution is 0.0993. The van der Waals surface area contributed by atoms with Crippen molar-refractivity contribution < 1.29 is 4.79 Å². The van der Waals surface area contributed by atoms with E-state index in [4.69, 9.17) is 0 Å². The molecule has 0 saturated heterocycles. The van der Waals surface area contributed by atoms with Gasteiger partial charge in [-0.1, -0.05) is 42.1 Å². The first-order valence-electron chi connectivity index (χ1n) is 8.10. The number of aromatic nitrogens is 4. The Morgan fingerprint density at radius 1 is 1.04 bits per heavy atom. The molecule has 128 valence electrons. The molecule has 3 rings (SSSR count). The molecular formula is C19H20N4OS. The van der Waals surface area contributed by atoms with Gasteiger partial charge in [0.1, 0.15) is 0 Å². The van der Waals surface area contributed by atoms with Gasteiger partial charge in [-0.15, -0.1) is 5.10 Å². The van der Waals surface area contributed by atoms with Crippen LogP contribution in [0, 0.1) is 20.8 Å². The van der Waals surface area contributed by atoms with Crippen molar-refractivity contribution in [3.05, 3.63) is 64.7 Å². The summed E-state index contributed by atoms with van der Waals surface area (Å²) in [5, 5.41) is 12.3. The summed E-state index contributed by atoms with van der Waals surface area (Å²) in [5.74, 6) is 0.0763. The topological polar surface area (TPSA) is 60.7 Å². The van der Waals surface area contributed by atoms with Crippen LogP contribution in [0.5, 0.6) is 0 Å². The number of hydrogen-bond donors (Lipinski definition) is 0. The number of para-hydroxylation sites is 1. The summed E-state index contributed by atoms with van der Waals surface area (Å²) in [6.45, 7) is 7.95. The Morgan fingerprint density at radius 3 is 2.52 bits per heavy atom. The molecule has 1 aromatic heterocycles. The third-order valence-corrected chi connectivity index (χ3v) is 5.26. The van der Waals surface area contributed by atoms with E-state index in [-0.39, 0.29) is 11.0 Å². The highest BCUT2D eigenvalue weighted by molar-refractivity contribution is 8.00. The molecule has 0 saturated carbocycles. The minimum atomic E-state index is -0.282. The monoisotopic (exact) mass is 352 g/mol. The molecule has 1 atom stereocenters. The van der Waals surface area contributed by atoms with Crippen molar-refractivity contribution >= 4 is 17.5 Å². The molecule has 0 aliphatic carbocycles. The Bertz CT molecular complexity index is 919. The smallest absolute Gasteiger partial charge is 0.214 e. The average molecular weight is 352 g/mol. The molecule has 5 nitrogen and oxygen atoms in total. The molecule has 0 fully saturated rings. The Labute approximate surface area is 151 Å². The highest BCUT2D eigenvalue weighted by Gasteiger charge is 2.21. The van der Waals surface area contributed by atoms with Crippen molar-refractivity contribution in [3.8, 4) is 5.69 Å². The third-order valence-electron chi connectivity index (χ3n) is 4.23. The molecule has 0 radical (unpaired) electrons. The summed E-state index contributed by atoms with van der Waals surface area (Å²) in [5.41, 5.74) is 5.01. The fraction of sp³-hybridized carbons (Fsp3) is 0.263. The van der Waals surface area contributed by atoms with E-state index in [1.165, 1.54) is 17.3 Å². The van der Waals surface area contributed by atoms with Gasteiger partial charge in [0.05, 0.1) is 10.9 Å². The number of tetrazole rings is 1. The van der Waals surface area contributed by atoms with E-state index < -0.39 is 0 Å². The van der Waals surface area contributed by atoms with E-state index in [0.29, 0.717) is 5.16 Å². The number of carbonyl (C=O) groups is 1. The predicted molar refractivity (Wildman–Crippen MR) is 99.5 cm³/mol. The van der Waals surface area contributed by atoms with Crippen LogP contribution in [0.3, 0.4) is 0 Å². The molecule has 0 amide bonds. The first-order valence-corrected chi connectivity index (χ1v) is 8.98. The van der Waals surface area contributed by atoms with Gasteiger partial charge in [0.2, 0.25) is 5.16 Å². The van der Waals surface area contributed by atoms with Crippen LogP contribution in [0.1, 0.15) is 34.0 Å². The van der Waals surface area contributed by atoms with Crippen molar-refractivity contribution in [1.82, 2.24) is 20.2 Å². The fourth-order valence-electron chi connectivity index (χ4n) is 2.55. The number of carbonyl (C=O) groups excluding carboxylic acids is 1. The van der Waals surface area contributed by atoms with Crippen LogP contribution in [0.15, 0.2) is 47.6 Å². The summed E-state index contributed by atoms with van der Waals surface area (Å²) in [4.78, 5) is 12.8. The summed E-state index contributed by atoms with van der Waals surface area (Å²) in [6.07, 6.45) is 0. The number of Topliss-reactive ketones (excluding diaryl/α,β-unsaturated/α-hetero) is 1. The Kier molecular flexibility index (Phi) is 4.99. The second-order valence-corrected chi connectivity index (χ2v) is 7.39. The number of benzene rings is 2. The van der Waals surface area contributed by atoms with Gasteiger partial charge in [0.25, 0.3) is 0 Å². The number of hydrogen-bond acceptors (Lipinski definition) is 5. The first kappa shape index (κ1) is 17.4. The SMILES string of the molecule is Cc1ccc(C(=O)[C@@H](C)Sc2nnnn2-c2ccccc2C)cc1C. The quantitative estimate of drug-likeness (QED) is 0.514. The fourth-order valence-corrected chi connectivity index (χ4v) is 3.42. The highest BCUT2D eigenvalue weighted by atomic mass is 32.2. The largest absolute Gasteiger partial charge is 0.293 e. The molecule has 6 heteroatoms. The third kappa shape index (κ3) is 3.64. The summed E-state index contributed by atoms with van der Waals surface area (Å²) in [7, 11) is 0. The Morgan fingerprint density at radius 2 is 1.80 bits per heavy atom. The van der Waals surface area contributed by atoms with Gasteiger partial charge in [-0.3, -0.25) is 4.79 Å². The maximum atomic E-state index is 12.8. The standard InChI is InChI=1S/C19H20N4OS/c1-12-9-10-16(11-14(12)3)18(24)15(4)25-19-20-21-22-23(19)17-8-6-5-7-13(17)2/h5-11,15H,1-4H3/t15-/m1/s1. The summed E-state index contributed by atoms with van der Waals surface area (Å²) in [6, 6.07) is 13.7. The van der Waals surface area contributed by atoms with E-state index >= 15 is 0 Å². The van der Waals surface area contributed by atoms with Gasteiger partial charge in [-0.2, -0.15) is 4.68 Å². The molecule has 0 bridgehead atoms. The van der Waals surface area contributed by atoms with Crippen LogP contribution in [0.25, 0.3) is 5.69 Å². The van der Waals surface area contributed by atoms with Crippen LogP contribution >= 0.6 is 11.8 Å². The molecule has 0 aliphatic heterocycles. The summed E-state index contributed by atoms with van der Waals surface area (Å²) >= 11 is 1.37. The van der Waals surface area contributed by atoms with Crippen molar-refractivity contribution in [2.75, 3.05) is 0 Å². The van der Waals surface area contributed by atoms with E-state index in [0.717, 1.165) is 22.4 Å². The molecule has 0 unspecified atom stereocenters. The number of thioether (sulfide) groups is 1. The molecule has 0 N–H and O–H groups in total. The van der Waals surface area contributed by atoms with Crippen molar-refractivity contribution in [2.24, 2.45) is 0 Å². The van der Waals surface area contributed by atoms with Gasteiger partial charge in [0.15, 0.2) is 5.78 Å². The van der Waals surface area contributed by atoms with Crippen molar-refractivity contribution in [2.45, 2.75) is 38.1 Å². The van der Waals surface area contributed by atoms with Crippen LogP contribution in [-0.2, 0) is 0 Å². The zero-order valence-corrected chi connectivity index (χ0v) is 15.5. The molecule has 3 aromatic rings. The predicted octanol–water partition coefficient (Wildman–Crippen LogP) is 3.95. The number of ketones is 1. The first-order chi connectivity index (χ1) is 12.0. The minimum absolute atomic E-state index is 0.0763. The van der Waals surface area contributed by atoms with Crippen LogP contribution < -0.4 is 0 Å². The molecule has 2 aromatic carbocycles. The lowest BCUT2D eigenvalue weighted by Gasteiger charge is -2.12. The Hall–Kier alpha value is -2.47. The maximum Gasteiger partial charge on any atom is 0.214 e. The second kappa shape index (κ2) is 7.19. The van der Waals surface area contributed by atoms with Crippen LogP contribution in [0.2, 0.25) is 0 Å². The minimum Gasteiger partial charge on any atom is -0.293 e. The van der Waals surface area contributed by atoms with Gasteiger partial charge in [0, 0.05) is 5.56 Å². The molecular weight excluding hydrogens is 332 g/mol. The molecule has 0 spiro atoms. The van der Waals surface area contributed by atoms with Crippen LogP contribution in [0.4, 0.5) is 0 Å². The average Bonchev–Trinajstić information content (AvgIpc) is 3.05. The van der Waals surface area contributed by atoms with Crippen LogP contribution in [-0.4, -0.2) is 31.2 Å². The zero-order chi connectivity index (χ0) is 18.0.